The van der Waals surface area contributed by atoms with Crippen molar-refractivity contribution in [3.8, 4) is 5.75 Å². The number of amides is 1. The van der Waals surface area contributed by atoms with Gasteiger partial charge in [0, 0.05) is 18.8 Å². The van der Waals surface area contributed by atoms with Gasteiger partial charge in [0.2, 0.25) is 0 Å². The lowest BCUT2D eigenvalue weighted by Gasteiger charge is -2.17. The van der Waals surface area contributed by atoms with E-state index in [2.05, 4.69) is 4.98 Å². The van der Waals surface area contributed by atoms with Crippen LogP contribution in [0.5, 0.6) is 5.75 Å². The minimum Gasteiger partial charge on any atom is -0.492 e. The van der Waals surface area contributed by atoms with Gasteiger partial charge in [-0.1, -0.05) is 29.3 Å². The van der Waals surface area contributed by atoms with Crippen LogP contribution < -0.4 is 4.74 Å². The molecule has 1 aromatic carbocycles. The van der Waals surface area contributed by atoms with E-state index in [1.165, 1.54) is 11.8 Å². The predicted molar refractivity (Wildman–Crippen MR) is 82.9 cm³/mol. The highest BCUT2D eigenvalue weighted by Gasteiger charge is 2.12. The average molecular weight is 305 g/mol. The Morgan fingerprint density at radius 1 is 1.29 bits per heavy atom. The van der Waals surface area contributed by atoms with Crippen LogP contribution in [-0.2, 0) is 0 Å². The van der Waals surface area contributed by atoms with Crippen LogP contribution >= 0.6 is 11.6 Å². The number of likely N-dealkylation sites (N-methyl/N-ethyl adjacent to an activating group) is 1. The summed E-state index contributed by atoms with van der Waals surface area (Å²) in [6.45, 7) is 2.95. The zero-order valence-corrected chi connectivity index (χ0v) is 12.8. The molecule has 0 aliphatic rings. The number of aromatic nitrogens is 1. The Hall–Kier alpha value is -2.07. The largest absolute Gasteiger partial charge is 0.492 e. The number of hydrogen-bond donors (Lipinski definition) is 0. The van der Waals surface area contributed by atoms with Gasteiger partial charge in [-0.2, -0.15) is 0 Å². The maximum absolute atomic E-state index is 12.2. The van der Waals surface area contributed by atoms with E-state index >= 15 is 0 Å². The number of nitrogens with zero attached hydrogens (tertiary/aromatic N) is 2. The Morgan fingerprint density at radius 3 is 2.67 bits per heavy atom. The van der Waals surface area contributed by atoms with Gasteiger partial charge in [0.1, 0.15) is 17.5 Å². The topological polar surface area (TPSA) is 42.4 Å². The highest BCUT2D eigenvalue weighted by atomic mass is 35.5. The van der Waals surface area contributed by atoms with Gasteiger partial charge < -0.3 is 9.64 Å². The van der Waals surface area contributed by atoms with Crippen molar-refractivity contribution in [3.05, 3.63) is 58.9 Å². The standard InChI is InChI=1S/C16H17ClN2O2/c1-12-3-5-14(6-4-12)21-10-9-19(2)16(20)13-7-8-18-15(17)11-13/h3-8,11H,9-10H2,1-2H3. The summed E-state index contributed by atoms with van der Waals surface area (Å²) in [6.07, 6.45) is 1.52. The smallest absolute Gasteiger partial charge is 0.253 e. The van der Waals surface area contributed by atoms with Crippen LogP contribution in [0.1, 0.15) is 15.9 Å². The first-order chi connectivity index (χ1) is 10.1. The SMILES string of the molecule is Cc1ccc(OCCN(C)C(=O)c2ccnc(Cl)c2)cc1. The average Bonchev–Trinajstić information content (AvgIpc) is 2.48. The molecule has 0 unspecified atom stereocenters. The fraction of sp³-hybridized carbons (Fsp3) is 0.250. The zero-order valence-electron chi connectivity index (χ0n) is 12.0. The first kappa shape index (κ1) is 15.3. The van der Waals surface area contributed by atoms with Crippen LogP contribution in [0.4, 0.5) is 0 Å². The molecule has 0 N–H and O–H groups in total. The van der Waals surface area contributed by atoms with Crippen molar-refractivity contribution in [1.29, 1.82) is 0 Å². The number of hydrogen-bond acceptors (Lipinski definition) is 3. The number of carbonyl (C=O) groups excluding carboxylic acids is 1. The molecule has 0 atom stereocenters. The number of benzene rings is 1. The predicted octanol–water partition coefficient (Wildman–Crippen LogP) is 3.19. The van der Waals surface area contributed by atoms with E-state index in [4.69, 9.17) is 16.3 Å². The molecular weight excluding hydrogens is 288 g/mol. The van der Waals surface area contributed by atoms with E-state index in [-0.39, 0.29) is 5.91 Å². The normalized spacial score (nSPS) is 10.2. The first-order valence-corrected chi connectivity index (χ1v) is 7.00. The van der Waals surface area contributed by atoms with Crippen LogP contribution in [0.2, 0.25) is 5.15 Å². The third-order valence-electron chi connectivity index (χ3n) is 3.04. The van der Waals surface area contributed by atoms with E-state index in [1.54, 1.807) is 24.1 Å². The molecule has 0 saturated heterocycles. The van der Waals surface area contributed by atoms with E-state index in [0.717, 1.165) is 5.75 Å². The Morgan fingerprint density at radius 2 is 2.00 bits per heavy atom. The van der Waals surface area contributed by atoms with Gasteiger partial charge in [-0.25, -0.2) is 4.98 Å². The maximum atomic E-state index is 12.2. The molecule has 2 rings (SSSR count). The van der Waals surface area contributed by atoms with Crippen molar-refractivity contribution in [2.75, 3.05) is 20.2 Å². The lowest BCUT2D eigenvalue weighted by atomic mass is 10.2. The number of ether oxygens (including phenoxy) is 1. The fourth-order valence-corrected chi connectivity index (χ4v) is 1.97. The number of rotatable bonds is 5. The van der Waals surface area contributed by atoms with Crippen molar-refractivity contribution in [2.45, 2.75) is 6.92 Å². The zero-order chi connectivity index (χ0) is 15.2. The van der Waals surface area contributed by atoms with Gasteiger partial charge in [-0.3, -0.25) is 4.79 Å². The second-order valence-corrected chi connectivity index (χ2v) is 5.14. The quantitative estimate of drug-likeness (QED) is 0.797. The molecule has 2 aromatic rings. The molecule has 110 valence electrons. The molecule has 4 nitrogen and oxygen atoms in total. The fourth-order valence-electron chi connectivity index (χ4n) is 1.79. The summed E-state index contributed by atoms with van der Waals surface area (Å²) >= 11 is 5.78. The van der Waals surface area contributed by atoms with E-state index in [1.807, 2.05) is 31.2 Å². The molecule has 0 radical (unpaired) electrons. The monoisotopic (exact) mass is 304 g/mol. The summed E-state index contributed by atoms with van der Waals surface area (Å²) in [5, 5.41) is 0.310. The van der Waals surface area contributed by atoms with Gasteiger partial charge in [0.15, 0.2) is 0 Å². The summed E-state index contributed by atoms with van der Waals surface area (Å²) in [5.41, 5.74) is 1.71. The van der Waals surface area contributed by atoms with Crippen molar-refractivity contribution in [1.82, 2.24) is 9.88 Å². The van der Waals surface area contributed by atoms with Crippen molar-refractivity contribution < 1.29 is 9.53 Å². The third-order valence-corrected chi connectivity index (χ3v) is 3.24. The summed E-state index contributed by atoms with van der Waals surface area (Å²) in [5.74, 6) is 0.695. The van der Waals surface area contributed by atoms with Gasteiger partial charge in [0.25, 0.3) is 5.91 Å². The Bertz CT molecular complexity index is 614. The van der Waals surface area contributed by atoms with Crippen LogP contribution in [0, 0.1) is 6.92 Å². The number of carbonyl (C=O) groups is 1. The highest BCUT2D eigenvalue weighted by molar-refractivity contribution is 6.29. The second-order valence-electron chi connectivity index (χ2n) is 4.76. The lowest BCUT2D eigenvalue weighted by Crippen LogP contribution is -2.30. The number of halogens is 1. The van der Waals surface area contributed by atoms with Crippen LogP contribution in [0.25, 0.3) is 0 Å². The first-order valence-electron chi connectivity index (χ1n) is 6.63. The molecular formula is C16H17ClN2O2. The van der Waals surface area contributed by atoms with E-state index in [0.29, 0.717) is 23.9 Å². The van der Waals surface area contributed by atoms with Gasteiger partial charge in [-0.05, 0) is 31.2 Å². The van der Waals surface area contributed by atoms with E-state index in [9.17, 15) is 4.79 Å². The Kier molecular flexibility index (Phi) is 5.17. The maximum Gasteiger partial charge on any atom is 0.253 e. The van der Waals surface area contributed by atoms with Gasteiger partial charge in [0.05, 0.1) is 6.54 Å². The van der Waals surface area contributed by atoms with Gasteiger partial charge in [-0.15, -0.1) is 0 Å². The van der Waals surface area contributed by atoms with Crippen molar-refractivity contribution in [3.63, 3.8) is 0 Å². The molecule has 1 aromatic heterocycles. The molecule has 0 bridgehead atoms. The summed E-state index contributed by atoms with van der Waals surface area (Å²) < 4.78 is 5.61. The minimum absolute atomic E-state index is 0.105. The molecule has 21 heavy (non-hydrogen) atoms. The van der Waals surface area contributed by atoms with E-state index < -0.39 is 0 Å². The van der Waals surface area contributed by atoms with Crippen molar-refractivity contribution in [2.24, 2.45) is 0 Å². The number of pyridine rings is 1. The third kappa shape index (κ3) is 4.46. The molecule has 0 aliphatic heterocycles. The van der Waals surface area contributed by atoms with Crippen LogP contribution in [-0.4, -0.2) is 36.0 Å². The molecule has 1 amide bonds. The molecule has 0 saturated carbocycles. The lowest BCUT2D eigenvalue weighted by molar-refractivity contribution is 0.0773. The summed E-state index contributed by atoms with van der Waals surface area (Å²) in [7, 11) is 1.73. The number of aryl methyl sites for hydroxylation is 1. The summed E-state index contributed by atoms with van der Waals surface area (Å²) in [4.78, 5) is 17.6. The Labute approximate surface area is 129 Å². The van der Waals surface area contributed by atoms with Crippen molar-refractivity contribution >= 4 is 17.5 Å². The molecule has 5 heteroatoms. The Balaban J connectivity index is 1.85. The van der Waals surface area contributed by atoms with Crippen LogP contribution in [0.3, 0.4) is 0 Å². The molecule has 0 fully saturated rings. The second kappa shape index (κ2) is 7.09. The van der Waals surface area contributed by atoms with Crippen LogP contribution in [0.15, 0.2) is 42.6 Å². The molecule has 0 aliphatic carbocycles. The molecule has 1 heterocycles. The minimum atomic E-state index is -0.105. The highest BCUT2D eigenvalue weighted by Crippen LogP contribution is 2.12. The van der Waals surface area contributed by atoms with Gasteiger partial charge >= 0.3 is 0 Å². The molecule has 0 spiro atoms. The summed E-state index contributed by atoms with van der Waals surface area (Å²) in [6, 6.07) is 11.0.